The van der Waals surface area contributed by atoms with E-state index in [1.165, 1.54) is 75.1 Å². The van der Waals surface area contributed by atoms with E-state index in [1.807, 2.05) is 11.3 Å². The third-order valence-corrected chi connectivity index (χ3v) is 14.3. The van der Waals surface area contributed by atoms with Gasteiger partial charge >= 0.3 is 0 Å². The van der Waals surface area contributed by atoms with E-state index in [0.29, 0.717) is 0 Å². The Bertz CT molecular complexity index is 3920. The van der Waals surface area contributed by atoms with E-state index >= 15 is 0 Å². The van der Waals surface area contributed by atoms with Crippen LogP contribution in [0.5, 0.6) is 0 Å². The molecular weight excluding hydrogens is 807 g/mol. The van der Waals surface area contributed by atoms with Crippen molar-refractivity contribution >= 4 is 92.1 Å². The fraction of sp³-hybridized carbons (Fsp3) is 0. The zero-order valence-corrected chi connectivity index (χ0v) is 36.1. The highest BCUT2D eigenvalue weighted by Crippen LogP contribution is 2.48. The number of benzene rings is 11. The molecule has 13 aromatic rings. The largest absolute Gasteiger partial charge is 0.455 e. The molecule has 0 aliphatic carbocycles. The molecule has 0 aliphatic rings. The van der Waals surface area contributed by atoms with Gasteiger partial charge in [-0.3, -0.25) is 0 Å². The van der Waals surface area contributed by atoms with Gasteiger partial charge in [-0.25, -0.2) is 0 Å². The number of anilines is 3. The lowest BCUT2D eigenvalue weighted by Gasteiger charge is -2.27. The number of hydrogen-bond donors (Lipinski definition) is 0. The lowest BCUT2D eigenvalue weighted by Crippen LogP contribution is -2.10. The first-order chi connectivity index (χ1) is 32.2. The van der Waals surface area contributed by atoms with E-state index in [1.54, 1.807) is 0 Å². The van der Waals surface area contributed by atoms with Gasteiger partial charge in [0.25, 0.3) is 0 Å². The molecule has 0 spiro atoms. The van der Waals surface area contributed by atoms with E-state index in [0.717, 1.165) is 50.1 Å². The third-order valence-electron chi connectivity index (χ3n) is 13.1. The van der Waals surface area contributed by atoms with Crippen LogP contribution >= 0.6 is 11.3 Å². The van der Waals surface area contributed by atoms with Crippen molar-refractivity contribution in [3.8, 4) is 44.5 Å². The van der Waals surface area contributed by atoms with E-state index < -0.39 is 0 Å². The minimum absolute atomic E-state index is 0.865. The maximum atomic E-state index is 6.88. The first-order valence-electron chi connectivity index (χ1n) is 22.1. The molecular formula is C62H39NOS. The summed E-state index contributed by atoms with van der Waals surface area (Å²) in [5, 5.41) is 9.66. The number of fused-ring (bicyclic) bond motifs is 9. The van der Waals surface area contributed by atoms with Crippen molar-refractivity contribution in [1.82, 2.24) is 0 Å². The maximum Gasteiger partial charge on any atom is 0.145 e. The number of thiophene rings is 1. The Labute approximate surface area is 380 Å². The van der Waals surface area contributed by atoms with Crippen molar-refractivity contribution in [3.63, 3.8) is 0 Å². The SMILES string of the molecule is c1ccc(-c2ccc(-c3ccc(N(c4ccc(-c5ccc6c(c5)sc5c(-c7ccccc7)cccc56)cc4)c4ccc5ccc6ccccc6c5c4)c4c3oc3ccccc34)cc2)cc1. The normalized spacial score (nSPS) is 11.7. The van der Waals surface area contributed by atoms with Crippen LogP contribution in [0.3, 0.4) is 0 Å². The van der Waals surface area contributed by atoms with Gasteiger partial charge in [0.05, 0.1) is 11.1 Å². The van der Waals surface area contributed by atoms with Crippen molar-refractivity contribution < 1.29 is 4.42 Å². The Morgan fingerprint density at radius 2 is 0.923 bits per heavy atom. The van der Waals surface area contributed by atoms with Crippen molar-refractivity contribution in [2.24, 2.45) is 0 Å². The average molecular weight is 846 g/mol. The molecule has 0 saturated heterocycles. The molecule has 0 fully saturated rings. The Hall–Kier alpha value is -8.24. The highest BCUT2D eigenvalue weighted by atomic mass is 32.1. The van der Waals surface area contributed by atoms with Crippen LogP contribution in [0.2, 0.25) is 0 Å². The molecule has 3 heteroatoms. The molecule has 0 aliphatic heterocycles. The Balaban J connectivity index is 0.970. The first-order valence-corrected chi connectivity index (χ1v) is 23.0. The fourth-order valence-corrected chi connectivity index (χ4v) is 11.2. The molecule has 0 atom stereocenters. The standard InChI is InChI=1S/C62H39NOS/c1-3-12-40(13-4-1)41-22-24-45(25-23-41)51-36-37-57(60-55-18-9-10-21-58(55)64-61(51)60)63(49-34-30-46-27-26-44-16-7-8-17-50(44)56(46)39-49)48-32-28-42(29-33-48)47-31-35-53-54-20-11-19-52(43-14-5-2-6-15-43)62(54)65-59(53)38-47/h1-39H. The van der Waals surface area contributed by atoms with Gasteiger partial charge in [0.1, 0.15) is 11.2 Å². The van der Waals surface area contributed by atoms with Crippen LogP contribution in [-0.4, -0.2) is 0 Å². The minimum Gasteiger partial charge on any atom is -0.455 e. The van der Waals surface area contributed by atoms with Crippen molar-refractivity contribution in [3.05, 3.63) is 237 Å². The van der Waals surface area contributed by atoms with Crippen LogP contribution in [0, 0.1) is 0 Å². The summed E-state index contributed by atoms with van der Waals surface area (Å²) >= 11 is 1.88. The number of para-hydroxylation sites is 1. The maximum absolute atomic E-state index is 6.88. The quantitative estimate of drug-likeness (QED) is 0.149. The third kappa shape index (κ3) is 6.31. The Morgan fingerprint density at radius 3 is 1.74 bits per heavy atom. The second-order valence-electron chi connectivity index (χ2n) is 16.8. The second-order valence-corrected chi connectivity index (χ2v) is 17.9. The summed E-state index contributed by atoms with van der Waals surface area (Å²) in [7, 11) is 0. The molecule has 2 heterocycles. The highest BCUT2D eigenvalue weighted by molar-refractivity contribution is 7.26. The average Bonchev–Trinajstić information content (AvgIpc) is 3.96. The molecule has 304 valence electrons. The predicted octanol–water partition coefficient (Wildman–Crippen LogP) is 18.4. The highest BCUT2D eigenvalue weighted by Gasteiger charge is 2.23. The van der Waals surface area contributed by atoms with E-state index in [2.05, 4.69) is 241 Å². The zero-order valence-electron chi connectivity index (χ0n) is 35.3. The van der Waals surface area contributed by atoms with Crippen LogP contribution in [0.25, 0.3) is 108 Å². The number of rotatable bonds is 7. The molecule has 2 nitrogen and oxygen atoms in total. The van der Waals surface area contributed by atoms with Gasteiger partial charge in [-0.05, 0) is 109 Å². The minimum atomic E-state index is 0.865. The summed E-state index contributed by atoms with van der Waals surface area (Å²) in [5.74, 6) is 0. The van der Waals surface area contributed by atoms with Crippen molar-refractivity contribution in [2.45, 2.75) is 0 Å². The topological polar surface area (TPSA) is 16.4 Å². The second kappa shape index (κ2) is 15.2. The lowest BCUT2D eigenvalue weighted by molar-refractivity contribution is 0.670. The van der Waals surface area contributed by atoms with Crippen LogP contribution in [0.15, 0.2) is 241 Å². The molecule has 0 N–H and O–H groups in total. The Kier molecular flexibility index (Phi) is 8.75. The molecule has 2 aromatic heterocycles. The van der Waals surface area contributed by atoms with Crippen LogP contribution in [-0.2, 0) is 0 Å². The van der Waals surface area contributed by atoms with Gasteiger partial charge in [0, 0.05) is 42.5 Å². The lowest BCUT2D eigenvalue weighted by atomic mass is 9.97. The number of furan rings is 1. The molecule has 0 unspecified atom stereocenters. The summed E-state index contributed by atoms with van der Waals surface area (Å²) in [6.07, 6.45) is 0. The summed E-state index contributed by atoms with van der Waals surface area (Å²) < 4.78 is 9.50. The predicted molar refractivity (Wildman–Crippen MR) is 278 cm³/mol. The molecule has 0 amide bonds. The van der Waals surface area contributed by atoms with Crippen molar-refractivity contribution in [2.75, 3.05) is 4.90 Å². The van der Waals surface area contributed by atoms with Gasteiger partial charge in [-0.15, -0.1) is 11.3 Å². The van der Waals surface area contributed by atoms with Crippen LogP contribution < -0.4 is 4.90 Å². The van der Waals surface area contributed by atoms with Crippen molar-refractivity contribution in [1.29, 1.82) is 0 Å². The number of hydrogen-bond acceptors (Lipinski definition) is 3. The molecule has 0 bridgehead atoms. The van der Waals surface area contributed by atoms with Gasteiger partial charge < -0.3 is 9.32 Å². The molecule has 11 aromatic carbocycles. The summed E-state index contributed by atoms with van der Waals surface area (Å²) in [5.41, 5.74) is 14.4. The monoisotopic (exact) mass is 845 g/mol. The molecule has 65 heavy (non-hydrogen) atoms. The smallest absolute Gasteiger partial charge is 0.145 e. The van der Waals surface area contributed by atoms with Gasteiger partial charge in [-0.2, -0.15) is 0 Å². The summed E-state index contributed by atoms with van der Waals surface area (Å²) in [6.45, 7) is 0. The van der Waals surface area contributed by atoms with E-state index in [9.17, 15) is 0 Å². The zero-order chi connectivity index (χ0) is 42.8. The van der Waals surface area contributed by atoms with E-state index in [-0.39, 0.29) is 0 Å². The summed E-state index contributed by atoms with van der Waals surface area (Å²) in [6, 6.07) is 85.8. The Morgan fingerprint density at radius 1 is 0.338 bits per heavy atom. The fourth-order valence-electron chi connectivity index (χ4n) is 9.88. The molecule has 13 rings (SSSR count). The van der Waals surface area contributed by atoms with Crippen LogP contribution in [0.4, 0.5) is 17.1 Å². The molecule has 0 saturated carbocycles. The van der Waals surface area contributed by atoms with E-state index in [4.69, 9.17) is 4.42 Å². The summed E-state index contributed by atoms with van der Waals surface area (Å²) in [4.78, 5) is 2.41. The number of nitrogens with zero attached hydrogens (tertiary/aromatic N) is 1. The van der Waals surface area contributed by atoms with Gasteiger partial charge in [0.2, 0.25) is 0 Å². The molecule has 0 radical (unpaired) electrons. The van der Waals surface area contributed by atoms with Crippen LogP contribution in [0.1, 0.15) is 0 Å². The van der Waals surface area contributed by atoms with Gasteiger partial charge in [-0.1, -0.05) is 188 Å². The first kappa shape index (κ1) is 37.3. The van der Waals surface area contributed by atoms with Gasteiger partial charge in [0.15, 0.2) is 0 Å².